The third-order valence-electron chi connectivity index (χ3n) is 11.8. The van der Waals surface area contributed by atoms with Gasteiger partial charge in [0.25, 0.3) is 0 Å². The van der Waals surface area contributed by atoms with Crippen LogP contribution in [-0.4, -0.2) is 48.8 Å². The summed E-state index contributed by atoms with van der Waals surface area (Å²) in [5.74, 6) is 0.554. The normalized spacial score (nSPS) is 36.9. The summed E-state index contributed by atoms with van der Waals surface area (Å²) >= 11 is 0. The third-order valence-corrected chi connectivity index (χ3v) is 11.8. The Morgan fingerprint density at radius 3 is 2.21 bits per heavy atom. The van der Waals surface area contributed by atoms with Crippen molar-refractivity contribution < 1.29 is 38.1 Å². The van der Waals surface area contributed by atoms with Crippen molar-refractivity contribution in [2.24, 2.45) is 46.3 Å². The van der Waals surface area contributed by atoms with Gasteiger partial charge < -0.3 is 18.9 Å². The lowest BCUT2D eigenvalue weighted by Crippen LogP contribution is -2.52. The van der Waals surface area contributed by atoms with Crippen LogP contribution in [0.4, 0.5) is 0 Å². The molecule has 0 aromatic rings. The molecule has 0 amide bonds. The Hall–Kier alpha value is -2.38. The molecule has 0 unspecified atom stereocenters. The third kappa shape index (κ3) is 7.14. The smallest absolute Gasteiger partial charge is 0.302 e. The zero-order valence-corrected chi connectivity index (χ0v) is 27.6. The van der Waals surface area contributed by atoms with E-state index >= 15 is 0 Å². The first-order valence-electron chi connectivity index (χ1n) is 16.5. The summed E-state index contributed by atoms with van der Waals surface area (Å²) in [6.07, 6.45) is 10.0. The predicted octanol–water partition coefficient (Wildman–Crippen LogP) is 6.59. The molecular weight excluding hydrogens is 548 g/mol. The maximum atomic E-state index is 12.4. The van der Waals surface area contributed by atoms with Crippen LogP contribution in [0.25, 0.3) is 0 Å². The number of carbonyl (C=O) groups excluding carboxylic acids is 4. The summed E-state index contributed by atoms with van der Waals surface area (Å²) in [5.41, 5.74) is 1.49. The highest BCUT2D eigenvalue weighted by atomic mass is 16.6. The highest BCUT2D eigenvalue weighted by Gasteiger charge is 2.63. The van der Waals surface area contributed by atoms with E-state index in [0.29, 0.717) is 30.8 Å². The first-order valence-corrected chi connectivity index (χ1v) is 16.5. The molecule has 0 bridgehead atoms. The van der Waals surface area contributed by atoms with Crippen LogP contribution in [-0.2, 0) is 38.1 Å². The van der Waals surface area contributed by atoms with E-state index in [-0.39, 0.29) is 70.8 Å². The van der Waals surface area contributed by atoms with Crippen molar-refractivity contribution in [3.05, 3.63) is 11.6 Å². The monoisotopic (exact) mass is 602 g/mol. The molecule has 0 N–H and O–H groups in total. The average molecular weight is 603 g/mol. The van der Waals surface area contributed by atoms with Gasteiger partial charge in [0, 0.05) is 40.0 Å². The van der Waals surface area contributed by atoms with Gasteiger partial charge in [-0.15, -0.1) is 0 Å². The van der Waals surface area contributed by atoms with Gasteiger partial charge in [-0.1, -0.05) is 39.3 Å². The van der Waals surface area contributed by atoms with Gasteiger partial charge in [-0.25, -0.2) is 0 Å². The van der Waals surface area contributed by atoms with Crippen molar-refractivity contribution in [3.8, 4) is 0 Å². The Morgan fingerprint density at radius 1 is 0.884 bits per heavy atom. The van der Waals surface area contributed by atoms with Crippen molar-refractivity contribution in [2.45, 2.75) is 131 Å². The molecule has 43 heavy (non-hydrogen) atoms. The van der Waals surface area contributed by atoms with Crippen molar-refractivity contribution >= 4 is 23.9 Å². The SMILES string of the molecule is CC(=O)OC[C@H](C)CC[C@@H](OC(C)=O)[C@@H](C)[C@H]1[C@@H](OC(C)=O)C[C@H]2[C@@H]3CC=C4C[C@@H](OC(C)=O)CC[C@]4(C)[C@H]3CC[C@]12C. The number of ether oxygens (including phenoxy) is 4. The van der Waals surface area contributed by atoms with E-state index in [1.54, 1.807) is 0 Å². The second kappa shape index (κ2) is 13.3. The minimum Gasteiger partial charge on any atom is -0.466 e. The van der Waals surface area contributed by atoms with Crippen LogP contribution < -0.4 is 0 Å². The van der Waals surface area contributed by atoms with Crippen LogP contribution in [0.5, 0.6) is 0 Å². The molecule has 0 aliphatic heterocycles. The van der Waals surface area contributed by atoms with E-state index in [1.807, 2.05) is 6.92 Å². The van der Waals surface area contributed by atoms with Gasteiger partial charge in [0.2, 0.25) is 0 Å². The summed E-state index contributed by atoms with van der Waals surface area (Å²) in [6.45, 7) is 15.2. The van der Waals surface area contributed by atoms with Gasteiger partial charge in [-0.3, -0.25) is 19.2 Å². The van der Waals surface area contributed by atoms with Crippen LogP contribution in [0.15, 0.2) is 11.6 Å². The number of hydrogen-bond acceptors (Lipinski definition) is 8. The summed E-state index contributed by atoms with van der Waals surface area (Å²) in [5, 5.41) is 0. The summed E-state index contributed by atoms with van der Waals surface area (Å²) in [4.78, 5) is 47.6. The number of rotatable bonds is 10. The van der Waals surface area contributed by atoms with Gasteiger partial charge in [-0.05, 0) is 91.8 Å². The lowest BCUT2D eigenvalue weighted by atomic mass is 9.47. The molecule has 3 saturated carbocycles. The topological polar surface area (TPSA) is 105 Å². The molecule has 0 aromatic heterocycles. The number of carbonyl (C=O) groups is 4. The molecule has 0 radical (unpaired) electrons. The second-order valence-corrected chi connectivity index (χ2v) is 14.7. The van der Waals surface area contributed by atoms with E-state index in [2.05, 4.69) is 26.8 Å². The fourth-order valence-electron chi connectivity index (χ4n) is 9.93. The van der Waals surface area contributed by atoms with Crippen molar-refractivity contribution in [1.29, 1.82) is 0 Å². The van der Waals surface area contributed by atoms with Crippen LogP contribution in [0, 0.1) is 46.3 Å². The number of allylic oxidation sites excluding steroid dienone is 1. The van der Waals surface area contributed by atoms with Crippen LogP contribution >= 0.6 is 0 Å². The highest BCUT2D eigenvalue weighted by molar-refractivity contribution is 5.67. The van der Waals surface area contributed by atoms with Gasteiger partial charge in [-0.2, -0.15) is 0 Å². The van der Waals surface area contributed by atoms with Crippen LogP contribution in [0.1, 0.15) is 113 Å². The Bertz CT molecular complexity index is 1100. The molecule has 4 aliphatic rings. The minimum atomic E-state index is -0.319. The van der Waals surface area contributed by atoms with Crippen LogP contribution in [0.2, 0.25) is 0 Å². The van der Waals surface area contributed by atoms with E-state index < -0.39 is 0 Å². The van der Waals surface area contributed by atoms with E-state index in [4.69, 9.17) is 18.9 Å². The molecule has 8 heteroatoms. The molecule has 11 atom stereocenters. The first kappa shape index (κ1) is 33.5. The van der Waals surface area contributed by atoms with Crippen molar-refractivity contribution in [3.63, 3.8) is 0 Å². The van der Waals surface area contributed by atoms with E-state index in [0.717, 1.165) is 51.4 Å². The molecule has 0 saturated heterocycles. The van der Waals surface area contributed by atoms with Crippen molar-refractivity contribution in [1.82, 2.24) is 0 Å². The maximum Gasteiger partial charge on any atom is 0.302 e. The molecule has 3 fully saturated rings. The quantitative estimate of drug-likeness (QED) is 0.157. The molecule has 0 spiro atoms. The fraction of sp³-hybridized carbons (Fsp3) is 0.829. The van der Waals surface area contributed by atoms with E-state index in [9.17, 15) is 19.2 Å². The largest absolute Gasteiger partial charge is 0.466 e. The van der Waals surface area contributed by atoms with Gasteiger partial charge in [0.15, 0.2) is 0 Å². The highest BCUT2D eigenvalue weighted by Crippen LogP contribution is 2.68. The summed E-state index contributed by atoms with van der Waals surface area (Å²) in [7, 11) is 0. The Morgan fingerprint density at radius 2 is 1.58 bits per heavy atom. The molecule has 0 heterocycles. The molecule has 8 nitrogen and oxygen atoms in total. The lowest BCUT2D eigenvalue weighted by Gasteiger charge is -2.58. The average Bonchev–Trinajstić information content (AvgIpc) is 3.20. The Labute approximate surface area is 258 Å². The summed E-state index contributed by atoms with van der Waals surface area (Å²) in [6, 6.07) is 0. The van der Waals surface area contributed by atoms with Crippen molar-refractivity contribution in [2.75, 3.05) is 6.61 Å². The minimum absolute atomic E-state index is 0.00910. The number of hydrogen-bond donors (Lipinski definition) is 0. The maximum absolute atomic E-state index is 12.4. The Kier molecular flexibility index (Phi) is 10.4. The number of esters is 4. The molecule has 242 valence electrons. The van der Waals surface area contributed by atoms with Gasteiger partial charge in [0.1, 0.15) is 18.3 Å². The predicted molar refractivity (Wildman–Crippen MR) is 161 cm³/mol. The Balaban J connectivity index is 1.58. The molecule has 4 aliphatic carbocycles. The zero-order valence-electron chi connectivity index (χ0n) is 27.6. The lowest BCUT2D eigenvalue weighted by molar-refractivity contribution is -0.161. The summed E-state index contributed by atoms with van der Waals surface area (Å²) < 4.78 is 22.9. The van der Waals surface area contributed by atoms with Gasteiger partial charge in [0.05, 0.1) is 6.61 Å². The fourth-order valence-corrected chi connectivity index (χ4v) is 9.93. The first-order chi connectivity index (χ1) is 20.2. The zero-order chi connectivity index (χ0) is 31.7. The second-order valence-electron chi connectivity index (χ2n) is 14.7. The molecule has 0 aromatic carbocycles. The standard InChI is InChI=1S/C35H54O8/c1-20(19-40-22(3)36)9-12-31(42-24(5)38)21(2)33-32(43-25(6)39)18-30-28-11-10-26-17-27(41-23(4)37)13-15-34(26,7)29(28)14-16-35(30,33)8/h10,20-21,27-33H,9,11-19H2,1-8H3/t20-,21-,27+,28-,29+,30+,31-,32+,33+,34+,35+/m1/s1. The van der Waals surface area contributed by atoms with E-state index in [1.165, 1.54) is 33.3 Å². The molecule has 4 rings (SSSR count). The molecular formula is C35H54O8. The number of fused-ring (bicyclic) bond motifs is 5. The van der Waals surface area contributed by atoms with Crippen LogP contribution in [0.3, 0.4) is 0 Å². The van der Waals surface area contributed by atoms with Gasteiger partial charge >= 0.3 is 23.9 Å².